The Hall–Kier alpha value is -0.980. The van der Waals surface area contributed by atoms with Crippen LogP contribution < -0.4 is 10.0 Å². The first kappa shape index (κ1) is 13.5. The van der Waals surface area contributed by atoms with Crippen LogP contribution in [-0.4, -0.2) is 21.5 Å². The van der Waals surface area contributed by atoms with E-state index in [4.69, 9.17) is 0 Å². The van der Waals surface area contributed by atoms with Crippen LogP contribution in [0.1, 0.15) is 24.0 Å². The third-order valence-electron chi connectivity index (χ3n) is 3.04. The number of nitrogens with one attached hydrogen (secondary N) is 2. The quantitative estimate of drug-likeness (QED) is 0.849. The lowest BCUT2D eigenvalue weighted by atomic mass is 10.1. The maximum atomic E-state index is 13.9. The molecule has 0 spiro atoms. The largest absolute Gasteiger partial charge is 0.310 e. The predicted octanol–water partition coefficient (Wildman–Crippen LogP) is 1.29. The molecule has 0 aromatic heterocycles. The molecule has 1 aromatic rings. The first-order valence-corrected chi connectivity index (χ1v) is 7.38. The normalized spacial score (nSPS) is 15.9. The van der Waals surface area contributed by atoms with Gasteiger partial charge in [0, 0.05) is 18.2 Å². The highest BCUT2D eigenvalue weighted by atomic mass is 32.2. The van der Waals surface area contributed by atoms with E-state index >= 15 is 0 Å². The average Bonchev–Trinajstić information content (AvgIpc) is 3.14. The van der Waals surface area contributed by atoms with E-state index in [1.165, 1.54) is 19.2 Å². The van der Waals surface area contributed by atoms with Gasteiger partial charge in [0.05, 0.1) is 4.90 Å². The van der Waals surface area contributed by atoms with Gasteiger partial charge in [-0.25, -0.2) is 17.5 Å². The van der Waals surface area contributed by atoms with Crippen LogP contribution in [0.25, 0.3) is 0 Å². The molecule has 6 heteroatoms. The molecule has 1 aliphatic rings. The van der Waals surface area contributed by atoms with Gasteiger partial charge >= 0.3 is 0 Å². The highest BCUT2D eigenvalue weighted by Crippen LogP contribution is 2.22. The smallest absolute Gasteiger partial charge is 0.240 e. The summed E-state index contributed by atoms with van der Waals surface area (Å²) in [5.41, 5.74) is 0.745. The van der Waals surface area contributed by atoms with Crippen LogP contribution in [-0.2, 0) is 16.6 Å². The lowest BCUT2D eigenvalue weighted by Gasteiger charge is -2.10. The third-order valence-corrected chi connectivity index (χ3v) is 4.43. The molecule has 1 saturated carbocycles. The Morgan fingerprint density at radius 1 is 1.39 bits per heavy atom. The van der Waals surface area contributed by atoms with Gasteiger partial charge in [-0.2, -0.15) is 0 Å². The Morgan fingerprint density at radius 2 is 2.06 bits per heavy atom. The number of hydrogen-bond donors (Lipinski definition) is 2. The minimum atomic E-state index is -3.53. The summed E-state index contributed by atoms with van der Waals surface area (Å²) in [6, 6.07) is 3.19. The molecule has 100 valence electrons. The Morgan fingerprint density at radius 3 is 2.61 bits per heavy atom. The molecule has 0 unspecified atom stereocenters. The molecule has 0 radical (unpaired) electrons. The van der Waals surface area contributed by atoms with Crippen molar-refractivity contribution in [1.29, 1.82) is 0 Å². The average molecular weight is 272 g/mol. The predicted molar refractivity (Wildman–Crippen MR) is 67.2 cm³/mol. The maximum absolute atomic E-state index is 13.9. The molecule has 0 saturated heterocycles. The van der Waals surface area contributed by atoms with Gasteiger partial charge in [-0.3, -0.25) is 0 Å². The molecule has 2 rings (SSSR count). The molecule has 0 heterocycles. The highest BCUT2D eigenvalue weighted by Gasteiger charge is 2.22. The van der Waals surface area contributed by atoms with E-state index in [1.807, 2.05) is 0 Å². The first-order valence-electron chi connectivity index (χ1n) is 5.90. The minimum Gasteiger partial charge on any atom is -0.310 e. The van der Waals surface area contributed by atoms with Crippen LogP contribution >= 0.6 is 0 Å². The van der Waals surface area contributed by atoms with Crippen molar-refractivity contribution in [2.75, 3.05) is 7.05 Å². The fourth-order valence-electron chi connectivity index (χ4n) is 1.75. The van der Waals surface area contributed by atoms with Crippen molar-refractivity contribution in [2.45, 2.75) is 37.2 Å². The molecule has 0 bridgehead atoms. The van der Waals surface area contributed by atoms with Crippen LogP contribution in [0.3, 0.4) is 0 Å². The minimum absolute atomic E-state index is 0.108. The zero-order chi connectivity index (χ0) is 13.3. The molecular formula is C12H17FN2O2S. The van der Waals surface area contributed by atoms with Crippen molar-refractivity contribution >= 4 is 10.0 Å². The molecule has 2 N–H and O–H groups in total. The van der Waals surface area contributed by atoms with E-state index in [2.05, 4.69) is 10.0 Å². The second-order valence-electron chi connectivity index (χ2n) is 4.58. The Bertz CT molecular complexity index is 553. The topological polar surface area (TPSA) is 58.2 Å². The Kier molecular flexibility index (Phi) is 3.70. The number of rotatable bonds is 5. The van der Waals surface area contributed by atoms with Gasteiger partial charge in [0.2, 0.25) is 10.0 Å². The molecule has 0 amide bonds. The number of hydrogen-bond acceptors (Lipinski definition) is 3. The van der Waals surface area contributed by atoms with Crippen LogP contribution in [0.4, 0.5) is 4.39 Å². The molecule has 1 aliphatic carbocycles. The van der Waals surface area contributed by atoms with E-state index in [9.17, 15) is 12.8 Å². The van der Waals surface area contributed by atoms with Gasteiger partial charge in [-0.15, -0.1) is 0 Å². The molecule has 1 aromatic carbocycles. The standard InChI is InChI=1S/C12H17FN2O2S/c1-8-5-11(18(16,17)14-2)6-9(12(8)13)7-15-10-3-4-10/h5-6,10,14-15H,3-4,7H2,1-2H3. The summed E-state index contributed by atoms with van der Waals surface area (Å²) in [5, 5.41) is 3.18. The van der Waals surface area contributed by atoms with Crippen molar-refractivity contribution < 1.29 is 12.8 Å². The van der Waals surface area contributed by atoms with Crippen LogP contribution in [0, 0.1) is 12.7 Å². The van der Waals surface area contributed by atoms with Crippen LogP contribution in [0.5, 0.6) is 0 Å². The molecule has 0 aliphatic heterocycles. The van der Waals surface area contributed by atoms with Crippen LogP contribution in [0.2, 0.25) is 0 Å². The lowest BCUT2D eigenvalue weighted by Crippen LogP contribution is -2.21. The zero-order valence-electron chi connectivity index (χ0n) is 10.5. The molecule has 1 fully saturated rings. The van der Waals surface area contributed by atoms with Gasteiger partial charge in [-0.05, 0) is 44.5 Å². The number of sulfonamides is 1. The summed E-state index contributed by atoms with van der Waals surface area (Å²) in [6.07, 6.45) is 2.21. The molecule has 0 atom stereocenters. The van der Waals surface area contributed by atoms with Gasteiger partial charge in [-0.1, -0.05) is 0 Å². The summed E-state index contributed by atoms with van der Waals surface area (Å²) in [6.45, 7) is 1.94. The number of halogens is 1. The van der Waals surface area contributed by atoms with Gasteiger partial charge < -0.3 is 5.32 Å². The molecule has 18 heavy (non-hydrogen) atoms. The second kappa shape index (κ2) is 4.95. The van der Waals surface area contributed by atoms with E-state index in [0.29, 0.717) is 23.7 Å². The monoisotopic (exact) mass is 272 g/mol. The summed E-state index contributed by atoms with van der Waals surface area (Å²) < 4.78 is 39.6. The van der Waals surface area contributed by atoms with Crippen molar-refractivity contribution in [3.8, 4) is 0 Å². The van der Waals surface area contributed by atoms with Gasteiger partial charge in [0.25, 0.3) is 0 Å². The second-order valence-corrected chi connectivity index (χ2v) is 6.46. The highest BCUT2D eigenvalue weighted by molar-refractivity contribution is 7.89. The van der Waals surface area contributed by atoms with Gasteiger partial charge in [0.15, 0.2) is 0 Å². The zero-order valence-corrected chi connectivity index (χ0v) is 11.3. The SMILES string of the molecule is CNS(=O)(=O)c1cc(C)c(F)c(CNC2CC2)c1. The Balaban J connectivity index is 2.32. The fourth-order valence-corrected chi connectivity index (χ4v) is 2.62. The van der Waals surface area contributed by atoms with E-state index in [1.54, 1.807) is 6.92 Å². The summed E-state index contributed by atoms with van der Waals surface area (Å²) in [4.78, 5) is 0.108. The molecule has 4 nitrogen and oxygen atoms in total. The van der Waals surface area contributed by atoms with Gasteiger partial charge in [0.1, 0.15) is 5.82 Å². The summed E-state index contributed by atoms with van der Waals surface area (Å²) in [7, 11) is -2.18. The van der Waals surface area contributed by atoms with Crippen molar-refractivity contribution in [2.24, 2.45) is 0 Å². The van der Waals surface area contributed by atoms with Crippen LogP contribution in [0.15, 0.2) is 17.0 Å². The number of benzene rings is 1. The summed E-state index contributed by atoms with van der Waals surface area (Å²) >= 11 is 0. The van der Waals surface area contributed by atoms with E-state index in [0.717, 1.165) is 12.8 Å². The molecular weight excluding hydrogens is 255 g/mol. The third kappa shape index (κ3) is 2.88. The van der Waals surface area contributed by atoms with E-state index < -0.39 is 10.0 Å². The summed E-state index contributed by atoms with van der Waals surface area (Å²) in [5.74, 6) is -0.335. The van der Waals surface area contributed by atoms with Crippen molar-refractivity contribution in [3.05, 3.63) is 29.1 Å². The lowest BCUT2D eigenvalue weighted by molar-refractivity contribution is 0.572. The Labute approximate surface area is 107 Å². The van der Waals surface area contributed by atoms with E-state index in [-0.39, 0.29) is 10.7 Å². The van der Waals surface area contributed by atoms with Crippen molar-refractivity contribution in [1.82, 2.24) is 10.0 Å². The fraction of sp³-hybridized carbons (Fsp3) is 0.500. The maximum Gasteiger partial charge on any atom is 0.240 e. The first-order chi connectivity index (χ1) is 8.44. The number of aryl methyl sites for hydroxylation is 1. The van der Waals surface area contributed by atoms with Crippen molar-refractivity contribution in [3.63, 3.8) is 0 Å².